The van der Waals surface area contributed by atoms with E-state index >= 15 is 0 Å². The summed E-state index contributed by atoms with van der Waals surface area (Å²) >= 11 is 9.10. The molecule has 0 aliphatic carbocycles. The van der Waals surface area contributed by atoms with Gasteiger partial charge in [-0.25, -0.2) is 0 Å². The monoisotopic (exact) mass is 326 g/mol. The van der Waals surface area contributed by atoms with Gasteiger partial charge in [-0.05, 0) is 40.5 Å². The average molecular weight is 328 g/mol. The number of hydrogen-bond donors (Lipinski definition) is 2. The van der Waals surface area contributed by atoms with E-state index in [1.165, 1.54) is 0 Å². The molecule has 16 heavy (non-hydrogen) atoms. The SMILES string of the molecule is CC[C@H](N)C(=O)Nc1ccc(Cl)c(Br)c1.Cl. The van der Waals surface area contributed by atoms with Crippen molar-refractivity contribution in [1.29, 1.82) is 0 Å². The van der Waals surface area contributed by atoms with Crippen molar-refractivity contribution < 1.29 is 4.79 Å². The van der Waals surface area contributed by atoms with Crippen LogP contribution in [0.1, 0.15) is 13.3 Å². The molecule has 0 fully saturated rings. The third kappa shape index (κ3) is 4.29. The number of rotatable bonds is 3. The van der Waals surface area contributed by atoms with E-state index in [4.69, 9.17) is 17.3 Å². The van der Waals surface area contributed by atoms with Gasteiger partial charge in [0.15, 0.2) is 0 Å². The summed E-state index contributed by atoms with van der Waals surface area (Å²) in [6.45, 7) is 1.86. The van der Waals surface area contributed by atoms with Crippen LogP contribution in [0, 0.1) is 0 Å². The standard InChI is InChI=1S/C10H12BrClN2O.ClH/c1-2-9(13)10(15)14-6-3-4-8(12)7(11)5-6;/h3-5,9H,2,13H2,1H3,(H,14,15);1H/t9-;/m0./s1. The average Bonchev–Trinajstić information content (AvgIpc) is 2.22. The number of nitrogens with one attached hydrogen (secondary N) is 1. The Bertz CT molecular complexity index is 374. The summed E-state index contributed by atoms with van der Waals surface area (Å²) in [6.07, 6.45) is 0.612. The highest BCUT2D eigenvalue weighted by Gasteiger charge is 2.11. The second kappa shape index (κ2) is 7.12. The molecule has 3 nitrogen and oxygen atoms in total. The van der Waals surface area contributed by atoms with E-state index < -0.39 is 6.04 Å². The Kier molecular flexibility index (Phi) is 6.99. The number of amides is 1. The maximum absolute atomic E-state index is 11.5. The first-order valence-electron chi connectivity index (χ1n) is 4.56. The molecule has 1 aromatic rings. The lowest BCUT2D eigenvalue weighted by Gasteiger charge is -2.10. The van der Waals surface area contributed by atoms with Gasteiger partial charge >= 0.3 is 0 Å². The van der Waals surface area contributed by atoms with E-state index in [2.05, 4.69) is 21.2 Å². The van der Waals surface area contributed by atoms with Crippen LogP contribution < -0.4 is 11.1 Å². The van der Waals surface area contributed by atoms with Crippen LogP contribution in [0.2, 0.25) is 5.02 Å². The van der Waals surface area contributed by atoms with E-state index in [9.17, 15) is 4.79 Å². The molecule has 0 saturated carbocycles. The summed E-state index contributed by atoms with van der Waals surface area (Å²) in [4.78, 5) is 11.5. The predicted molar refractivity (Wildman–Crippen MR) is 73.3 cm³/mol. The van der Waals surface area contributed by atoms with Crippen LogP contribution in [0.5, 0.6) is 0 Å². The third-order valence-corrected chi connectivity index (χ3v) is 3.18. The molecule has 0 aliphatic rings. The summed E-state index contributed by atoms with van der Waals surface area (Å²) in [5.74, 6) is -0.188. The van der Waals surface area contributed by atoms with Crippen LogP contribution in [0.15, 0.2) is 22.7 Å². The van der Waals surface area contributed by atoms with E-state index in [-0.39, 0.29) is 18.3 Å². The van der Waals surface area contributed by atoms with Gasteiger partial charge in [0, 0.05) is 10.2 Å². The quantitative estimate of drug-likeness (QED) is 0.895. The molecular formula is C10H13BrCl2N2O. The van der Waals surface area contributed by atoms with Crippen LogP contribution in [0.4, 0.5) is 5.69 Å². The number of carbonyl (C=O) groups is 1. The van der Waals surface area contributed by atoms with Crippen molar-refractivity contribution in [2.45, 2.75) is 19.4 Å². The van der Waals surface area contributed by atoms with Crippen molar-refractivity contribution >= 4 is 51.5 Å². The maximum Gasteiger partial charge on any atom is 0.241 e. The molecule has 90 valence electrons. The van der Waals surface area contributed by atoms with Crippen molar-refractivity contribution in [1.82, 2.24) is 0 Å². The molecule has 0 radical (unpaired) electrons. The van der Waals surface area contributed by atoms with Crippen molar-refractivity contribution in [3.8, 4) is 0 Å². The van der Waals surface area contributed by atoms with Gasteiger partial charge in [-0.2, -0.15) is 0 Å². The van der Waals surface area contributed by atoms with Crippen LogP contribution >= 0.6 is 39.9 Å². The maximum atomic E-state index is 11.5. The summed E-state index contributed by atoms with van der Waals surface area (Å²) < 4.78 is 0.743. The van der Waals surface area contributed by atoms with Crippen molar-refractivity contribution in [3.63, 3.8) is 0 Å². The molecule has 0 unspecified atom stereocenters. The largest absolute Gasteiger partial charge is 0.325 e. The molecule has 1 rings (SSSR count). The zero-order valence-corrected chi connectivity index (χ0v) is 11.8. The fraction of sp³-hybridized carbons (Fsp3) is 0.300. The molecule has 0 aromatic heterocycles. The van der Waals surface area contributed by atoms with Gasteiger partial charge < -0.3 is 11.1 Å². The van der Waals surface area contributed by atoms with Gasteiger partial charge in [0.1, 0.15) is 0 Å². The minimum Gasteiger partial charge on any atom is -0.325 e. The molecule has 0 aliphatic heterocycles. The highest BCUT2D eigenvalue weighted by molar-refractivity contribution is 9.10. The van der Waals surface area contributed by atoms with Gasteiger partial charge in [0.2, 0.25) is 5.91 Å². The molecule has 0 saturated heterocycles. The fourth-order valence-corrected chi connectivity index (χ4v) is 1.49. The molecule has 0 spiro atoms. The zero-order chi connectivity index (χ0) is 11.4. The van der Waals surface area contributed by atoms with Gasteiger partial charge in [-0.15, -0.1) is 12.4 Å². The molecule has 0 heterocycles. The van der Waals surface area contributed by atoms with E-state index in [1.54, 1.807) is 18.2 Å². The first-order valence-corrected chi connectivity index (χ1v) is 5.73. The molecule has 1 amide bonds. The Balaban J connectivity index is 0.00000225. The summed E-state index contributed by atoms with van der Waals surface area (Å²) in [6, 6.07) is 4.70. The molecule has 0 bridgehead atoms. The second-order valence-corrected chi connectivity index (χ2v) is 4.39. The Hall–Kier alpha value is -0.290. The first kappa shape index (κ1) is 15.7. The smallest absolute Gasteiger partial charge is 0.241 e. The Morgan fingerprint density at radius 2 is 2.25 bits per heavy atom. The lowest BCUT2D eigenvalue weighted by Crippen LogP contribution is -2.34. The number of nitrogens with two attached hydrogens (primary N) is 1. The summed E-state index contributed by atoms with van der Waals surface area (Å²) in [5.41, 5.74) is 6.26. The van der Waals surface area contributed by atoms with E-state index in [0.29, 0.717) is 17.1 Å². The van der Waals surface area contributed by atoms with Crippen LogP contribution in [-0.4, -0.2) is 11.9 Å². The number of anilines is 1. The normalized spacial score (nSPS) is 11.5. The second-order valence-electron chi connectivity index (χ2n) is 3.13. The Morgan fingerprint density at radius 3 is 2.75 bits per heavy atom. The van der Waals surface area contributed by atoms with Crippen LogP contribution in [-0.2, 0) is 4.79 Å². The summed E-state index contributed by atoms with van der Waals surface area (Å²) in [5, 5.41) is 3.31. The first-order chi connectivity index (χ1) is 7.04. The Labute approximate surface area is 114 Å². The van der Waals surface area contributed by atoms with Crippen molar-refractivity contribution in [2.75, 3.05) is 5.32 Å². The van der Waals surface area contributed by atoms with Gasteiger partial charge in [-0.3, -0.25) is 4.79 Å². The van der Waals surface area contributed by atoms with Crippen molar-refractivity contribution in [3.05, 3.63) is 27.7 Å². The highest BCUT2D eigenvalue weighted by atomic mass is 79.9. The zero-order valence-electron chi connectivity index (χ0n) is 8.67. The lowest BCUT2D eigenvalue weighted by molar-refractivity contribution is -0.117. The lowest BCUT2D eigenvalue weighted by atomic mass is 10.2. The minimum absolute atomic E-state index is 0. The predicted octanol–water partition coefficient (Wildman–Crippen LogP) is 3.20. The van der Waals surface area contributed by atoms with E-state index in [1.807, 2.05) is 6.92 Å². The molecule has 1 aromatic carbocycles. The third-order valence-electron chi connectivity index (χ3n) is 1.96. The number of benzene rings is 1. The highest BCUT2D eigenvalue weighted by Crippen LogP contribution is 2.25. The summed E-state index contributed by atoms with van der Waals surface area (Å²) in [7, 11) is 0. The van der Waals surface area contributed by atoms with Crippen LogP contribution in [0.3, 0.4) is 0 Å². The molecule has 6 heteroatoms. The fourth-order valence-electron chi connectivity index (χ4n) is 0.994. The van der Waals surface area contributed by atoms with Gasteiger partial charge in [0.05, 0.1) is 11.1 Å². The molecular weight excluding hydrogens is 315 g/mol. The van der Waals surface area contributed by atoms with Gasteiger partial charge in [-0.1, -0.05) is 18.5 Å². The number of hydrogen-bond acceptors (Lipinski definition) is 2. The number of halogens is 3. The molecule has 1 atom stereocenters. The van der Waals surface area contributed by atoms with Crippen LogP contribution in [0.25, 0.3) is 0 Å². The van der Waals surface area contributed by atoms with Gasteiger partial charge in [0.25, 0.3) is 0 Å². The Morgan fingerprint density at radius 1 is 1.62 bits per heavy atom. The number of carbonyl (C=O) groups excluding carboxylic acids is 1. The topological polar surface area (TPSA) is 55.1 Å². The minimum atomic E-state index is -0.473. The van der Waals surface area contributed by atoms with E-state index in [0.717, 1.165) is 4.47 Å². The molecule has 3 N–H and O–H groups in total. The van der Waals surface area contributed by atoms with Crippen molar-refractivity contribution in [2.24, 2.45) is 5.73 Å².